The summed E-state index contributed by atoms with van der Waals surface area (Å²) in [5, 5.41) is 3.20. The summed E-state index contributed by atoms with van der Waals surface area (Å²) in [6, 6.07) is 8.77. The van der Waals surface area contributed by atoms with Crippen molar-refractivity contribution < 1.29 is 13.2 Å². The minimum atomic E-state index is -0.582. The molecule has 3 rings (SSSR count). The SMILES string of the molecule is Cc1nc2cc(NC(C)c3cc(F)cc(F)c3)ccc2o1. The zero-order valence-electron chi connectivity index (χ0n) is 11.7. The Hall–Kier alpha value is -2.43. The van der Waals surface area contributed by atoms with E-state index in [1.165, 1.54) is 12.1 Å². The van der Waals surface area contributed by atoms with E-state index in [0.29, 0.717) is 17.0 Å². The van der Waals surface area contributed by atoms with Crippen molar-refractivity contribution in [2.24, 2.45) is 0 Å². The summed E-state index contributed by atoms with van der Waals surface area (Å²) >= 11 is 0. The van der Waals surface area contributed by atoms with Crippen LogP contribution in [0.15, 0.2) is 40.8 Å². The summed E-state index contributed by atoms with van der Waals surface area (Å²) in [5.41, 5.74) is 2.81. The molecule has 0 aliphatic carbocycles. The smallest absolute Gasteiger partial charge is 0.192 e. The third kappa shape index (κ3) is 2.86. The molecule has 0 fully saturated rings. The number of rotatable bonds is 3. The maximum absolute atomic E-state index is 13.2. The third-order valence-electron chi connectivity index (χ3n) is 3.26. The van der Waals surface area contributed by atoms with Crippen molar-refractivity contribution in [1.82, 2.24) is 4.98 Å². The lowest BCUT2D eigenvalue weighted by Gasteiger charge is -2.15. The first-order valence-corrected chi connectivity index (χ1v) is 6.61. The number of fused-ring (bicyclic) bond motifs is 1. The summed E-state index contributed by atoms with van der Waals surface area (Å²) < 4.78 is 31.9. The van der Waals surface area contributed by atoms with Gasteiger partial charge in [0.2, 0.25) is 0 Å². The number of aromatic nitrogens is 1. The minimum Gasteiger partial charge on any atom is -0.441 e. The van der Waals surface area contributed by atoms with Crippen molar-refractivity contribution in [2.45, 2.75) is 19.9 Å². The molecule has 3 aromatic rings. The van der Waals surface area contributed by atoms with E-state index in [9.17, 15) is 8.78 Å². The Morgan fingerprint density at radius 1 is 1.10 bits per heavy atom. The zero-order valence-corrected chi connectivity index (χ0v) is 11.7. The van der Waals surface area contributed by atoms with E-state index in [1.807, 2.05) is 25.1 Å². The average Bonchev–Trinajstić information content (AvgIpc) is 2.77. The van der Waals surface area contributed by atoms with Gasteiger partial charge in [0.1, 0.15) is 17.2 Å². The van der Waals surface area contributed by atoms with Gasteiger partial charge in [-0.15, -0.1) is 0 Å². The molecule has 21 heavy (non-hydrogen) atoms. The Balaban J connectivity index is 1.86. The van der Waals surface area contributed by atoms with Crippen LogP contribution in [0.25, 0.3) is 11.1 Å². The normalized spacial score (nSPS) is 12.6. The van der Waals surface area contributed by atoms with E-state index >= 15 is 0 Å². The lowest BCUT2D eigenvalue weighted by atomic mass is 10.1. The molecule has 1 aromatic heterocycles. The molecule has 0 bridgehead atoms. The molecule has 0 spiro atoms. The molecule has 5 heteroatoms. The number of nitrogens with one attached hydrogen (secondary N) is 1. The fourth-order valence-electron chi connectivity index (χ4n) is 2.29. The number of nitrogens with zero attached hydrogens (tertiary/aromatic N) is 1. The Labute approximate surface area is 120 Å². The van der Waals surface area contributed by atoms with E-state index in [2.05, 4.69) is 10.3 Å². The molecule has 108 valence electrons. The van der Waals surface area contributed by atoms with Gasteiger partial charge < -0.3 is 9.73 Å². The molecule has 1 N–H and O–H groups in total. The molecule has 0 saturated heterocycles. The van der Waals surface area contributed by atoms with Gasteiger partial charge in [0.05, 0.1) is 0 Å². The molecule has 1 unspecified atom stereocenters. The highest BCUT2D eigenvalue weighted by Crippen LogP contribution is 2.24. The second-order valence-corrected chi connectivity index (χ2v) is 4.98. The Bertz CT molecular complexity index is 778. The zero-order chi connectivity index (χ0) is 15.0. The Morgan fingerprint density at radius 3 is 2.52 bits per heavy atom. The van der Waals surface area contributed by atoms with Crippen LogP contribution < -0.4 is 5.32 Å². The monoisotopic (exact) mass is 288 g/mol. The van der Waals surface area contributed by atoms with Gasteiger partial charge in [-0.3, -0.25) is 0 Å². The number of hydrogen-bond acceptors (Lipinski definition) is 3. The highest BCUT2D eigenvalue weighted by molar-refractivity contribution is 5.77. The second-order valence-electron chi connectivity index (χ2n) is 4.98. The van der Waals surface area contributed by atoms with Gasteiger partial charge in [0.15, 0.2) is 11.5 Å². The van der Waals surface area contributed by atoms with Crippen LogP contribution in [-0.4, -0.2) is 4.98 Å². The van der Waals surface area contributed by atoms with E-state index in [4.69, 9.17) is 4.42 Å². The first-order chi connectivity index (χ1) is 10.0. The van der Waals surface area contributed by atoms with E-state index < -0.39 is 11.6 Å². The standard InChI is InChI=1S/C16H14F2N2O/c1-9(11-5-12(17)7-13(18)6-11)19-14-3-4-16-15(8-14)20-10(2)21-16/h3-9,19H,1-2H3. The summed E-state index contributed by atoms with van der Waals surface area (Å²) in [6.07, 6.45) is 0. The maximum Gasteiger partial charge on any atom is 0.192 e. The van der Waals surface area contributed by atoms with Gasteiger partial charge in [0, 0.05) is 24.7 Å². The van der Waals surface area contributed by atoms with Crippen molar-refractivity contribution in [3.63, 3.8) is 0 Å². The lowest BCUT2D eigenvalue weighted by molar-refractivity contribution is 0.561. The Morgan fingerprint density at radius 2 is 1.81 bits per heavy atom. The van der Waals surface area contributed by atoms with Crippen molar-refractivity contribution in [1.29, 1.82) is 0 Å². The van der Waals surface area contributed by atoms with E-state index in [-0.39, 0.29) is 6.04 Å². The number of benzene rings is 2. The molecule has 0 aliphatic heterocycles. The first kappa shape index (κ1) is 13.5. The van der Waals surface area contributed by atoms with Crippen LogP contribution >= 0.6 is 0 Å². The third-order valence-corrected chi connectivity index (χ3v) is 3.26. The number of aryl methyl sites for hydroxylation is 1. The summed E-state index contributed by atoms with van der Waals surface area (Å²) in [6.45, 7) is 3.62. The van der Waals surface area contributed by atoms with Gasteiger partial charge in [-0.05, 0) is 42.8 Å². The molecule has 0 aliphatic rings. The van der Waals surface area contributed by atoms with Gasteiger partial charge in [-0.2, -0.15) is 0 Å². The highest BCUT2D eigenvalue weighted by Gasteiger charge is 2.10. The predicted octanol–water partition coefficient (Wildman–Crippen LogP) is 4.59. The average molecular weight is 288 g/mol. The molecule has 3 nitrogen and oxygen atoms in total. The van der Waals surface area contributed by atoms with Crippen LogP contribution in [-0.2, 0) is 0 Å². The van der Waals surface area contributed by atoms with Gasteiger partial charge in [-0.1, -0.05) is 0 Å². The minimum absolute atomic E-state index is 0.236. The van der Waals surface area contributed by atoms with Gasteiger partial charge in [0.25, 0.3) is 0 Å². The Kier molecular flexibility index (Phi) is 3.33. The summed E-state index contributed by atoms with van der Waals surface area (Å²) in [7, 11) is 0. The van der Waals surface area contributed by atoms with Crippen LogP contribution in [0.5, 0.6) is 0 Å². The topological polar surface area (TPSA) is 38.1 Å². The molecule has 1 heterocycles. The van der Waals surface area contributed by atoms with Gasteiger partial charge >= 0.3 is 0 Å². The second kappa shape index (κ2) is 5.16. The van der Waals surface area contributed by atoms with Crippen LogP contribution in [0.1, 0.15) is 24.4 Å². The van der Waals surface area contributed by atoms with Crippen molar-refractivity contribution >= 4 is 16.8 Å². The number of halogens is 2. The van der Waals surface area contributed by atoms with Crippen LogP contribution in [0.3, 0.4) is 0 Å². The fraction of sp³-hybridized carbons (Fsp3) is 0.188. The molecular weight excluding hydrogens is 274 g/mol. The number of oxazole rings is 1. The largest absolute Gasteiger partial charge is 0.441 e. The number of anilines is 1. The predicted molar refractivity (Wildman–Crippen MR) is 77.1 cm³/mol. The molecule has 1 atom stereocenters. The maximum atomic E-state index is 13.2. The summed E-state index contributed by atoms with van der Waals surface area (Å²) in [5.74, 6) is -0.565. The fourth-order valence-corrected chi connectivity index (χ4v) is 2.29. The molecule has 2 aromatic carbocycles. The lowest BCUT2D eigenvalue weighted by Crippen LogP contribution is -2.07. The molecule has 0 saturated carbocycles. The van der Waals surface area contributed by atoms with Crippen LogP contribution in [0.4, 0.5) is 14.5 Å². The van der Waals surface area contributed by atoms with E-state index in [1.54, 1.807) is 6.92 Å². The van der Waals surface area contributed by atoms with Crippen LogP contribution in [0, 0.1) is 18.6 Å². The molecular formula is C16H14F2N2O. The molecule has 0 radical (unpaired) electrons. The van der Waals surface area contributed by atoms with Crippen molar-refractivity contribution in [2.75, 3.05) is 5.32 Å². The summed E-state index contributed by atoms with van der Waals surface area (Å²) in [4.78, 5) is 4.26. The molecule has 0 amide bonds. The van der Waals surface area contributed by atoms with E-state index in [0.717, 1.165) is 17.3 Å². The van der Waals surface area contributed by atoms with Crippen LogP contribution in [0.2, 0.25) is 0 Å². The highest BCUT2D eigenvalue weighted by atomic mass is 19.1. The quantitative estimate of drug-likeness (QED) is 0.766. The van der Waals surface area contributed by atoms with Crippen molar-refractivity contribution in [3.8, 4) is 0 Å². The van der Waals surface area contributed by atoms with Gasteiger partial charge in [-0.25, -0.2) is 13.8 Å². The number of hydrogen-bond donors (Lipinski definition) is 1. The van der Waals surface area contributed by atoms with Crippen molar-refractivity contribution in [3.05, 3.63) is 59.5 Å². The first-order valence-electron chi connectivity index (χ1n) is 6.61.